The van der Waals surface area contributed by atoms with Gasteiger partial charge in [-0.3, -0.25) is 4.79 Å². The zero-order valence-electron chi connectivity index (χ0n) is 11.5. The van der Waals surface area contributed by atoms with Crippen LogP contribution in [0, 0.1) is 6.92 Å². The minimum absolute atomic E-state index is 0.293. The number of aryl methyl sites for hydroxylation is 1. The maximum Gasteiger partial charge on any atom is 0.328 e. The molecule has 2 N–H and O–H groups in total. The Morgan fingerprint density at radius 3 is 2.90 bits per heavy atom. The molecule has 2 heterocycles. The lowest BCUT2D eigenvalue weighted by molar-refractivity contribution is -0.131. The molecule has 2 aromatic heterocycles. The standard InChI is InChI=1S/C14H14N2O4S/c1-8-7-15-14(20-8)9(2)16-13(19)12-10(5-6-21-12)3-4-11(17)18/h3-7,9H,1-2H3,(H,16,19)(H,17,18)/b4-3+. The van der Waals surface area contributed by atoms with E-state index in [1.165, 1.54) is 17.4 Å². The summed E-state index contributed by atoms with van der Waals surface area (Å²) in [5.74, 6) is -0.248. The van der Waals surface area contributed by atoms with E-state index in [0.717, 1.165) is 6.08 Å². The number of hydrogen-bond acceptors (Lipinski definition) is 5. The first-order valence-electron chi connectivity index (χ1n) is 6.19. The molecule has 2 aromatic rings. The van der Waals surface area contributed by atoms with E-state index in [9.17, 15) is 9.59 Å². The minimum atomic E-state index is -1.06. The van der Waals surface area contributed by atoms with Gasteiger partial charge < -0.3 is 14.8 Å². The first-order chi connectivity index (χ1) is 9.97. The van der Waals surface area contributed by atoms with Crippen molar-refractivity contribution in [2.75, 3.05) is 0 Å². The van der Waals surface area contributed by atoms with Crippen molar-refractivity contribution < 1.29 is 19.1 Å². The molecule has 1 amide bonds. The summed E-state index contributed by atoms with van der Waals surface area (Å²) in [5.41, 5.74) is 0.565. The van der Waals surface area contributed by atoms with Crippen LogP contribution in [0.5, 0.6) is 0 Å². The Morgan fingerprint density at radius 1 is 1.52 bits per heavy atom. The van der Waals surface area contributed by atoms with Gasteiger partial charge in [-0.1, -0.05) is 0 Å². The van der Waals surface area contributed by atoms with Crippen LogP contribution >= 0.6 is 11.3 Å². The number of oxazole rings is 1. The first kappa shape index (κ1) is 15.0. The smallest absolute Gasteiger partial charge is 0.328 e. The molecule has 0 bridgehead atoms. The van der Waals surface area contributed by atoms with Crippen molar-refractivity contribution in [2.45, 2.75) is 19.9 Å². The van der Waals surface area contributed by atoms with Crippen molar-refractivity contribution >= 4 is 29.3 Å². The van der Waals surface area contributed by atoms with Crippen molar-refractivity contribution in [2.24, 2.45) is 0 Å². The van der Waals surface area contributed by atoms with Gasteiger partial charge in [0.2, 0.25) is 5.89 Å². The van der Waals surface area contributed by atoms with Crippen molar-refractivity contribution in [3.63, 3.8) is 0 Å². The second-order valence-electron chi connectivity index (χ2n) is 4.38. The molecule has 0 saturated heterocycles. The largest absolute Gasteiger partial charge is 0.478 e. The quantitative estimate of drug-likeness (QED) is 0.828. The molecule has 1 unspecified atom stereocenters. The Hall–Kier alpha value is -2.41. The van der Waals surface area contributed by atoms with E-state index < -0.39 is 5.97 Å². The summed E-state index contributed by atoms with van der Waals surface area (Å²) in [6.07, 6.45) is 3.98. The molecule has 0 aromatic carbocycles. The van der Waals surface area contributed by atoms with Crippen molar-refractivity contribution in [3.05, 3.63) is 45.8 Å². The lowest BCUT2D eigenvalue weighted by Gasteiger charge is -2.09. The fourth-order valence-corrected chi connectivity index (χ4v) is 2.48. The van der Waals surface area contributed by atoms with Gasteiger partial charge in [-0.2, -0.15) is 0 Å². The number of thiophene rings is 1. The second-order valence-corrected chi connectivity index (χ2v) is 5.30. The highest BCUT2D eigenvalue weighted by Crippen LogP contribution is 2.20. The monoisotopic (exact) mass is 306 g/mol. The van der Waals surface area contributed by atoms with Crippen LogP contribution in [0.4, 0.5) is 0 Å². The normalized spacial score (nSPS) is 12.5. The highest BCUT2D eigenvalue weighted by molar-refractivity contribution is 7.12. The third-order valence-corrected chi connectivity index (χ3v) is 3.59. The van der Waals surface area contributed by atoms with Crippen LogP contribution < -0.4 is 5.32 Å². The number of nitrogens with one attached hydrogen (secondary N) is 1. The molecule has 0 fully saturated rings. The number of rotatable bonds is 5. The van der Waals surface area contributed by atoms with Crippen LogP contribution in [0.1, 0.15) is 39.9 Å². The number of amides is 1. The van der Waals surface area contributed by atoms with E-state index >= 15 is 0 Å². The van der Waals surface area contributed by atoms with E-state index in [1.54, 1.807) is 31.5 Å². The van der Waals surface area contributed by atoms with E-state index in [4.69, 9.17) is 9.52 Å². The zero-order valence-corrected chi connectivity index (χ0v) is 12.3. The topological polar surface area (TPSA) is 92.4 Å². The molecular weight excluding hydrogens is 292 g/mol. The summed E-state index contributed by atoms with van der Waals surface area (Å²) >= 11 is 1.24. The van der Waals surface area contributed by atoms with Gasteiger partial charge in [0.1, 0.15) is 11.8 Å². The molecule has 110 valence electrons. The Balaban J connectivity index is 2.10. The van der Waals surface area contributed by atoms with Crippen LogP contribution in [0.25, 0.3) is 6.08 Å². The molecule has 1 atom stereocenters. The molecule has 0 spiro atoms. The molecule has 0 aliphatic rings. The summed E-state index contributed by atoms with van der Waals surface area (Å²) in [6, 6.07) is 1.32. The van der Waals surface area contributed by atoms with Crippen molar-refractivity contribution in [1.82, 2.24) is 10.3 Å². The highest BCUT2D eigenvalue weighted by atomic mass is 32.1. The molecule has 0 aliphatic carbocycles. The molecule has 2 rings (SSSR count). The Morgan fingerprint density at radius 2 is 2.29 bits per heavy atom. The number of nitrogens with zero attached hydrogens (tertiary/aromatic N) is 1. The van der Waals surface area contributed by atoms with Crippen LogP contribution in [-0.2, 0) is 4.79 Å². The van der Waals surface area contributed by atoms with Crippen LogP contribution in [0.3, 0.4) is 0 Å². The zero-order chi connectivity index (χ0) is 15.4. The molecule has 0 radical (unpaired) electrons. The summed E-state index contributed by atoms with van der Waals surface area (Å²) < 4.78 is 5.36. The van der Waals surface area contributed by atoms with Crippen LogP contribution in [0.15, 0.2) is 28.1 Å². The summed E-state index contributed by atoms with van der Waals surface area (Å²) in [7, 11) is 0. The number of aromatic nitrogens is 1. The maximum absolute atomic E-state index is 12.2. The number of carboxylic acid groups (broad SMARTS) is 1. The lowest BCUT2D eigenvalue weighted by atomic mass is 10.2. The van der Waals surface area contributed by atoms with Gasteiger partial charge >= 0.3 is 5.97 Å². The van der Waals surface area contributed by atoms with Gasteiger partial charge in [0.05, 0.1) is 11.1 Å². The molecule has 6 nitrogen and oxygen atoms in total. The van der Waals surface area contributed by atoms with Crippen molar-refractivity contribution in [3.8, 4) is 0 Å². The van der Waals surface area contributed by atoms with Gasteiger partial charge in [-0.25, -0.2) is 9.78 Å². The molecule has 0 saturated carbocycles. The SMILES string of the molecule is Cc1cnc(C(C)NC(=O)c2sccc2/C=C/C(=O)O)o1. The van der Waals surface area contributed by atoms with Crippen molar-refractivity contribution in [1.29, 1.82) is 0 Å². The summed E-state index contributed by atoms with van der Waals surface area (Å²) in [5, 5.41) is 13.1. The summed E-state index contributed by atoms with van der Waals surface area (Å²) in [4.78, 5) is 27.3. The Kier molecular flexibility index (Phi) is 4.54. The number of aliphatic carboxylic acids is 1. The molecule has 21 heavy (non-hydrogen) atoms. The second kappa shape index (κ2) is 6.36. The maximum atomic E-state index is 12.2. The fraction of sp³-hybridized carbons (Fsp3) is 0.214. The third kappa shape index (κ3) is 3.79. The third-order valence-electron chi connectivity index (χ3n) is 2.66. The van der Waals surface area contributed by atoms with Gasteiger partial charge in [0.15, 0.2) is 0 Å². The molecule has 7 heteroatoms. The number of hydrogen-bond donors (Lipinski definition) is 2. The fourth-order valence-electron chi connectivity index (χ4n) is 1.69. The first-order valence-corrected chi connectivity index (χ1v) is 7.07. The van der Waals surface area contributed by atoms with E-state index in [2.05, 4.69) is 10.3 Å². The number of carbonyl (C=O) groups is 2. The average molecular weight is 306 g/mol. The number of carbonyl (C=O) groups excluding carboxylic acids is 1. The minimum Gasteiger partial charge on any atom is -0.478 e. The Bertz CT molecular complexity index is 687. The highest BCUT2D eigenvalue weighted by Gasteiger charge is 2.18. The number of carboxylic acids is 1. The van der Waals surface area contributed by atoms with E-state index in [1.807, 2.05) is 0 Å². The molecular formula is C14H14N2O4S. The van der Waals surface area contributed by atoms with Gasteiger partial charge in [0.25, 0.3) is 5.91 Å². The van der Waals surface area contributed by atoms with Crippen LogP contribution in [-0.4, -0.2) is 22.0 Å². The van der Waals surface area contributed by atoms with Gasteiger partial charge in [-0.05, 0) is 36.9 Å². The van der Waals surface area contributed by atoms with E-state index in [0.29, 0.717) is 22.1 Å². The van der Waals surface area contributed by atoms with Gasteiger partial charge in [0, 0.05) is 6.08 Å². The average Bonchev–Trinajstić information content (AvgIpc) is 3.04. The van der Waals surface area contributed by atoms with Crippen LogP contribution in [0.2, 0.25) is 0 Å². The lowest BCUT2D eigenvalue weighted by Crippen LogP contribution is -2.26. The van der Waals surface area contributed by atoms with E-state index in [-0.39, 0.29) is 11.9 Å². The predicted molar refractivity (Wildman–Crippen MR) is 78.1 cm³/mol. The molecule has 0 aliphatic heterocycles. The Labute approximate surface area is 125 Å². The van der Waals surface area contributed by atoms with Gasteiger partial charge in [-0.15, -0.1) is 11.3 Å². The summed E-state index contributed by atoms with van der Waals surface area (Å²) in [6.45, 7) is 3.54. The predicted octanol–water partition coefficient (Wildman–Crippen LogP) is 2.63.